The molecule has 0 aliphatic carbocycles. The number of hydrogen-bond acceptors (Lipinski definition) is 3. The minimum absolute atomic E-state index is 0.0468. The van der Waals surface area contributed by atoms with Crippen LogP contribution in [-0.4, -0.2) is 36.0 Å². The van der Waals surface area contributed by atoms with Crippen molar-refractivity contribution in [1.29, 1.82) is 0 Å². The summed E-state index contributed by atoms with van der Waals surface area (Å²) in [5.74, 6) is -0.533. The third kappa shape index (κ3) is 3.13. The average Bonchev–Trinajstić information content (AvgIpc) is 2.71. The highest BCUT2D eigenvalue weighted by atomic mass is 19.1. The number of fused-ring (bicyclic) bond motifs is 2. The monoisotopic (exact) mass is 381 g/mol. The van der Waals surface area contributed by atoms with E-state index in [1.54, 1.807) is 37.3 Å². The maximum absolute atomic E-state index is 13.4. The standard InChI is InChI=1S/C22H24FN3O2/c1-3-25-19-13-15(21(27)24-16-8-10-18(23)14(2)12-16)7-9-17(19)22(28)26-11-5-4-6-20(25)26/h7-10,12-13,20H,3-6,11H2,1-2H3,(H,24,27)/t20-/m1/s1. The van der Waals surface area contributed by atoms with Crippen LogP contribution in [0.4, 0.5) is 15.8 Å². The van der Waals surface area contributed by atoms with Crippen LogP contribution in [0, 0.1) is 12.7 Å². The molecule has 2 heterocycles. The van der Waals surface area contributed by atoms with E-state index in [0.717, 1.165) is 38.0 Å². The predicted molar refractivity (Wildman–Crippen MR) is 107 cm³/mol. The second kappa shape index (κ2) is 7.26. The van der Waals surface area contributed by atoms with Gasteiger partial charge in [-0.3, -0.25) is 9.59 Å². The van der Waals surface area contributed by atoms with Crippen molar-refractivity contribution >= 4 is 23.2 Å². The fourth-order valence-electron chi connectivity index (χ4n) is 4.19. The zero-order valence-electron chi connectivity index (χ0n) is 16.2. The van der Waals surface area contributed by atoms with E-state index in [-0.39, 0.29) is 23.8 Å². The van der Waals surface area contributed by atoms with E-state index in [0.29, 0.717) is 22.4 Å². The minimum Gasteiger partial charge on any atom is -0.351 e. The van der Waals surface area contributed by atoms with Crippen LogP contribution in [0.15, 0.2) is 36.4 Å². The van der Waals surface area contributed by atoms with Crippen molar-refractivity contribution in [3.63, 3.8) is 0 Å². The number of carbonyl (C=O) groups is 2. The first kappa shape index (κ1) is 18.5. The Kier molecular flexibility index (Phi) is 4.79. The van der Waals surface area contributed by atoms with Crippen molar-refractivity contribution in [2.45, 2.75) is 39.3 Å². The molecule has 1 saturated heterocycles. The van der Waals surface area contributed by atoms with Gasteiger partial charge >= 0.3 is 0 Å². The Morgan fingerprint density at radius 2 is 2.04 bits per heavy atom. The van der Waals surface area contributed by atoms with Gasteiger partial charge in [0.1, 0.15) is 12.0 Å². The van der Waals surface area contributed by atoms with Gasteiger partial charge < -0.3 is 15.1 Å². The van der Waals surface area contributed by atoms with Crippen LogP contribution in [-0.2, 0) is 0 Å². The Morgan fingerprint density at radius 3 is 2.79 bits per heavy atom. The number of halogens is 1. The van der Waals surface area contributed by atoms with Crippen molar-refractivity contribution in [2.24, 2.45) is 0 Å². The zero-order valence-corrected chi connectivity index (χ0v) is 16.2. The summed E-state index contributed by atoms with van der Waals surface area (Å²) in [6.07, 6.45) is 3.15. The number of benzene rings is 2. The molecule has 2 aliphatic heterocycles. The SMILES string of the molecule is CCN1c2cc(C(=O)Nc3ccc(F)c(C)c3)ccc2C(=O)N2CCCC[C@@H]21. The second-order valence-corrected chi connectivity index (χ2v) is 7.41. The third-order valence-electron chi connectivity index (χ3n) is 5.65. The number of carbonyl (C=O) groups excluding carboxylic acids is 2. The van der Waals surface area contributed by atoms with Crippen LogP contribution >= 0.6 is 0 Å². The van der Waals surface area contributed by atoms with Gasteiger partial charge in [0.15, 0.2) is 0 Å². The van der Waals surface area contributed by atoms with Gasteiger partial charge in [-0.15, -0.1) is 0 Å². The fourth-order valence-corrected chi connectivity index (χ4v) is 4.19. The molecular formula is C22H24FN3O2. The molecule has 0 saturated carbocycles. The number of piperidine rings is 1. The summed E-state index contributed by atoms with van der Waals surface area (Å²) in [6, 6.07) is 9.71. The average molecular weight is 381 g/mol. The first-order valence-electron chi connectivity index (χ1n) is 9.78. The number of aryl methyl sites for hydroxylation is 1. The summed E-state index contributed by atoms with van der Waals surface area (Å²) in [6.45, 7) is 5.28. The van der Waals surface area contributed by atoms with Crippen LogP contribution in [0.3, 0.4) is 0 Å². The van der Waals surface area contributed by atoms with E-state index in [1.807, 2.05) is 4.90 Å². The molecule has 1 atom stereocenters. The van der Waals surface area contributed by atoms with E-state index < -0.39 is 0 Å². The first-order chi connectivity index (χ1) is 13.5. The summed E-state index contributed by atoms with van der Waals surface area (Å²) in [4.78, 5) is 29.8. The summed E-state index contributed by atoms with van der Waals surface area (Å²) in [5, 5.41) is 2.81. The van der Waals surface area contributed by atoms with Gasteiger partial charge in [0.05, 0.1) is 11.3 Å². The van der Waals surface area contributed by atoms with E-state index in [4.69, 9.17) is 0 Å². The topological polar surface area (TPSA) is 52.7 Å². The van der Waals surface area contributed by atoms with Crippen LogP contribution in [0.1, 0.15) is 52.5 Å². The Labute approximate surface area is 164 Å². The fraction of sp³-hybridized carbons (Fsp3) is 0.364. The van der Waals surface area contributed by atoms with E-state index in [1.165, 1.54) is 6.07 Å². The molecule has 1 fully saturated rings. The highest BCUT2D eigenvalue weighted by Gasteiger charge is 2.38. The molecule has 0 aromatic heterocycles. The lowest BCUT2D eigenvalue weighted by Gasteiger charge is -2.47. The molecule has 0 radical (unpaired) electrons. The van der Waals surface area contributed by atoms with Crippen molar-refractivity contribution < 1.29 is 14.0 Å². The van der Waals surface area contributed by atoms with Crippen molar-refractivity contribution in [3.05, 3.63) is 58.9 Å². The molecular weight excluding hydrogens is 357 g/mol. The lowest BCUT2D eigenvalue weighted by Crippen LogP contribution is -2.57. The number of anilines is 2. The van der Waals surface area contributed by atoms with Crippen molar-refractivity contribution in [1.82, 2.24) is 4.90 Å². The van der Waals surface area contributed by atoms with Gasteiger partial charge in [-0.2, -0.15) is 0 Å². The summed E-state index contributed by atoms with van der Waals surface area (Å²) in [5.41, 5.74) is 2.97. The van der Waals surface area contributed by atoms with Gasteiger partial charge in [-0.25, -0.2) is 4.39 Å². The molecule has 5 nitrogen and oxygen atoms in total. The lowest BCUT2D eigenvalue weighted by atomic mass is 9.97. The maximum Gasteiger partial charge on any atom is 0.257 e. The van der Waals surface area contributed by atoms with E-state index >= 15 is 0 Å². The number of nitrogens with zero attached hydrogens (tertiary/aromatic N) is 2. The molecule has 28 heavy (non-hydrogen) atoms. The molecule has 2 aromatic carbocycles. The largest absolute Gasteiger partial charge is 0.351 e. The lowest BCUT2D eigenvalue weighted by molar-refractivity contribution is 0.0582. The van der Waals surface area contributed by atoms with Crippen LogP contribution in [0.5, 0.6) is 0 Å². The van der Waals surface area contributed by atoms with Gasteiger partial charge in [-0.1, -0.05) is 0 Å². The molecule has 1 N–H and O–H groups in total. The number of hydrogen-bond donors (Lipinski definition) is 1. The van der Waals surface area contributed by atoms with Crippen LogP contribution < -0.4 is 10.2 Å². The van der Waals surface area contributed by atoms with E-state index in [2.05, 4.69) is 17.1 Å². The second-order valence-electron chi connectivity index (χ2n) is 7.41. The molecule has 2 aliphatic rings. The Bertz CT molecular complexity index is 943. The number of nitrogens with one attached hydrogen (secondary N) is 1. The Morgan fingerprint density at radius 1 is 1.21 bits per heavy atom. The van der Waals surface area contributed by atoms with Gasteiger partial charge in [0.25, 0.3) is 11.8 Å². The summed E-state index contributed by atoms with van der Waals surface area (Å²) in [7, 11) is 0. The van der Waals surface area contributed by atoms with Crippen LogP contribution in [0.2, 0.25) is 0 Å². The smallest absolute Gasteiger partial charge is 0.257 e. The number of rotatable bonds is 3. The van der Waals surface area contributed by atoms with Gasteiger partial charge in [0, 0.05) is 24.3 Å². The molecule has 2 amide bonds. The molecule has 0 spiro atoms. The molecule has 0 bridgehead atoms. The number of amides is 2. The van der Waals surface area contributed by atoms with Crippen molar-refractivity contribution in [3.8, 4) is 0 Å². The van der Waals surface area contributed by atoms with Crippen molar-refractivity contribution in [2.75, 3.05) is 23.3 Å². The van der Waals surface area contributed by atoms with Gasteiger partial charge in [0.2, 0.25) is 0 Å². The molecule has 6 heteroatoms. The highest BCUT2D eigenvalue weighted by Crippen LogP contribution is 2.35. The predicted octanol–water partition coefficient (Wildman–Crippen LogP) is 4.18. The third-order valence-corrected chi connectivity index (χ3v) is 5.65. The highest BCUT2D eigenvalue weighted by molar-refractivity contribution is 6.08. The summed E-state index contributed by atoms with van der Waals surface area (Å²) >= 11 is 0. The molecule has 4 rings (SSSR count). The molecule has 146 valence electrons. The first-order valence-corrected chi connectivity index (χ1v) is 9.78. The van der Waals surface area contributed by atoms with Crippen LogP contribution in [0.25, 0.3) is 0 Å². The van der Waals surface area contributed by atoms with Gasteiger partial charge in [-0.05, 0) is 75.1 Å². The normalized spacial score (nSPS) is 18.5. The Balaban J connectivity index is 1.65. The molecule has 0 unspecified atom stereocenters. The minimum atomic E-state index is -0.305. The quantitative estimate of drug-likeness (QED) is 0.868. The van der Waals surface area contributed by atoms with E-state index in [9.17, 15) is 14.0 Å². The zero-order chi connectivity index (χ0) is 19.8. The summed E-state index contributed by atoms with van der Waals surface area (Å²) < 4.78 is 13.4. The maximum atomic E-state index is 13.4. The molecule has 2 aromatic rings. The Hall–Kier alpha value is -2.89.